The second-order valence-electron chi connectivity index (χ2n) is 8.19. The predicted molar refractivity (Wildman–Crippen MR) is 121 cm³/mol. The van der Waals surface area contributed by atoms with E-state index in [0.717, 1.165) is 0 Å². The van der Waals surface area contributed by atoms with E-state index in [1.54, 1.807) is 0 Å². The Morgan fingerprint density at radius 2 is 0.788 bits per heavy atom. The minimum atomic E-state index is -1.52. The van der Waals surface area contributed by atoms with Crippen LogP contribution in [-0.2, 0) is 15.0 Å². The largest absolute Gasteiger partial charge is 0.370 e. The van der Waals surface area contributed by atoms with Crippen molar-refractivity contribution in [2.24, 2.45) is 11.5 Å². The minimum absolute atomic E-state index is 0.186. The van der Waals surface area contributed by atoms with Crippen molar-refractivity contribution in [2.45, 2.75) is 46.0 Å². The van der Waals surface area contributed by atoms with Crippen molar-refractivity contribution in [3.8, 4) is 0 Å². The second kappa shape index (κ2) is 9.68. The van der Waals surface area contributed by atoms with Gasteiger partial charge >= 0.3 is 0 Å². The van der Waals surface area contributed by atoms with Crippen LogP contribution in [0.4, 0.5) is 0 Å². The number of rotatable bonds is 10. The van der Waals surface area contributed by atoms with Gasteiger partial charge in [-0.1, -0.05) is 0 Å². The first-order valence-electron chi connectivity index (χ1n) is 10.2. The number of carbonyl (C=O) groups excluding carboxylic acids is 6. The summed E-state index contributed by atoms with van der Waals surface area (Å²) in [7, 11) is 0. The molecule has 4 N–H and O–H groups in total. The van der Waals surface area contributed by atoms with Crippen molar-refractivity contribution >= 4 is 34.9 Å². The molecule has 2 aromatic rings. The Labute approximate surface area is 191 Å². The van der Waals surface area contributed by atoms with Crippen molar-refractivity contribution in [3.63, 3.8) is 0 Å². The van der Waals surface area contributed by atoms with Gasteiger partial charge in [-0.3, -0.25) is 28.8 Å². The molecule has 2 amide bonds. The van der Waals surface area contributed by atoms with Gasteiger partial charge in [0, 0.05) is 40.5 Å². The van der Waals surface area contributed by atoms with Crippen molar-refractivity contribution in [2.75, 3.05) is 0 Å². The van der Waals surface area contributed by atoms with Crippen molar-refractivity contribution in [1.29, 1.82) is 0 Å². The Morgan fingerprint density at radius 1 is 0.545 bits per heavy atom. The molecule has 33 heavy (non-hydrogen) atoms. The highest BCUT2D eigenvalue weighted by Crippen LogP contribution is 2.41. The fourth-order valence-corrected chi connectivity index (χ4v) is 3.85. The monoisotopic (exact) mass is 450 g/mol. The third-order valence-corrected chi connectivity index (χ3v) is 5.55. The zero-order valence-electron chi connectivity index (χ0n) is 19.0. The summed E-state index contributed by atoms with van der Waals surface area (Å²) in [6.07, 6.45) is -0.847. The first-order valence-corrected chi connectivity index (χ1v) is 10.2. The topological polar surface area (TPSA) is 154 Å². The number of nitrogens with two attached hydrogens (primary N) is 2. The lowest BCUT2D eigenvalue weighted by Crippen LogP contribution is -2.38. The molecule has 0 bridgehead atoms. The van der Waals surface area contributed by atoms with Gasteiger partial charge in [0.2, 0.25) is 11.8 Å². The third-order valence-electron chi connectivity index (χ3n) is 5.55. The molecule has 2 aromatic carbocycles. The van der Waals surface area contributed by atoms with Crippen LogP contribution in [0.2, 0.25) is 0 Å². The third kappa shape index (κ3) is 5.65. The van der Waals surface area contributed by atoms with Crippen LogP contribution in [0.25, 0.3) is 0 Å². The highest BCUT2D eigenvalue weighted by atomic mass is 16.2. The summed E-state index contributed by atoms with van der Waals surface area (Å²) in [6.45, 7) is 5.27. The SMILES string of the molecule is CC(=O)c1cc(C(C)=O)cc(C(CC(N)=O)(CC(N)=O)c2cc(C(C)=O)cc(C(C)=O)c2)c1. The van der Waals surface area contributed by atoms with Crippen LogP contribution in [0.1, 0.15) is 93.1 Å². The summed E-state index contributed by atoms with van der Waals surface area (Å²) >= 11 is 0. The molecule has 0 aliphatic heterocycles. The average molecular weight is 450 g/mol. The molecule has 172 valence electrons. The smallest absolute Gasteiger partial charge is 0.218 e. The molecule has 8 heteroatoms. The fourth-order valence-electron chi connectivity index (χ4n) is 3.85. The molecular weight excluding hydrogens is 424 g/mol. The molecule has 0 aliphatic rings. The maximum Gasteiger partial charge on any atom is 0.218 e. The standard InChI is InChI=1S/C25H26N2O6/c1-13(28)17-5-18(14(2)29)8-21(7-17)25(11-23(26)32,12-24(27)33)22-9-19(15(3)30)6-20(10-22)16(4)31/h5-10H,11-12H2,1-4H3,(H2,26,32)(H2,27,33). The van der Waals surface area contributed by atoms with Crippen molar-refractivity contribution < 1.29 is 28.8 Å². The number of primary amides is 2. The van der Waals surface area contributed by atoms with E-state index in [1.165, 1.54) is 64.1 Å². The quantitative estimate of drug-likeness (QED) is 0.530. The molecule has 0 atom stereocenters. The normalized spacial score (nSPS) is 11.0. The summed E-state index contributed by atoms with van der Waals surface area (Å²) in [5.41, 5.74) is 10.9. The average Bonchev–Trinajstić information content (AvgIpc) is 2.71. The molecule has 0 aromatic heterocycles. The van der Waals surface area contributed by atoms with Crippen molar-refractivity contribution in [3.05, 3.63) is 69.8 Å². The zero-order chi connectivity index (χ0) is 25.1. The van der Waals surface area contributed by atoms with Gasteiger partial charge in [-0.05, 0) is 75.2 Å². The van der Waals surface area contributed by atoms with Gasteiger partial charge in [0.15, 0.2) is 23.1 Å². The molecule has 8 nitrogen and oxygen atoms in total. The van der Waals surface area contributed by atoms with E-state index in [0.29, 0.717) is 0 Å². The lowest BCUT2D eigenvalue weighted by atomic mass is 9.67. The predicted octanol–water partition coefficient (Wildman–Crippen LogP) is 2.53. The van der Waals surface area contributed by atoms with Gasteiger partial charge in [-0.25, -0.2) is 0 Å². The number of benzene rings is 2. The van der Waals surface area contributed by atoms with E-state index < -0.39 is 30.1 Å². The van der Waals surface area contributed by atoms with Gasteiger partial charge < -0.3 is 11.5 Å². The molecular formula is C25H26N2O6. The lowest BCUT2D eigenvalue weighted by molar-refractivity contribution is -0.121. The summed E-state index contributed by atoms with van der Waals surface area (Å²) in [6, 6.07) is 8.70. The van der Waals surface area contributed by atoms with E-state index in [9.17, 15) is 28.8 Å². The Balaban J connectivity index is 3.07. The van der Waals surface area contributed by atoms with E-state index in [-0.39, 0.29) is 56.5 Å². The van der Waals surface area contributed by atoms with Crippen molar-refractivity contribution in [1.82, 2.24) is 0 Å². The van der Waals surface area contributed by atoms with Gasteiger partial charge in [0.05, 0.1) is 0 Å². The fraction of sp³-hybridized carbons (Fsp3) is 0.280. The highest BCUT2D eigenvalue weighted by Gasteiger charge is 2.39. The first kappa shape index (κ1) is 25.3. The molecule has 2 rings (SSSR count). The maximum atomic E-state index is 12.2. The molecule has 0 unspecified atom stereocenters. The molecule has 0 saturated heterocycles. The van der Waals surface area contributed by atoms with E-state index >= 15 is 0 Å². The van der Waals surface area contributed by atoms with Gasteiger partial charge in [0.25, 0.3) is 0 Å². The Morgan fingerprint density at radius 3 is 0.970 bits per heavy atom. The van der Waals surface area contributed by atoms with E-state index in [1.807, 2.05) is 0 Å². The minimum Gasteiger partial charge on any atom is -0.370 e. The van der Waals surface area contributed by atoms with Gasteiger partial charge in [-0.2, -0.15) is 0 Å². The van der Waals surface area contributed by atoms with Crippen LogP contribution in [-0.4, -0.2) is 34.9 Å². The van der Waals surface area contributed by atoms with Crippen LogP contribution < -0.4 is 11.5 Å². The summed E-state index contributed by atoms with van der Waals surface area (Å²) in [5, 5.41) is 0. The Hall–Kier alpha value is -3.94. The Kier molecular flexibility index (Phi) is 7.43. The van der Waals surface area contributed by atoms with Gasteiger partial charge in [0.1, 0.15) is 0 Å². The van der Waals surface area contributed by atoms with Crippen LogP contribution in [0.15, 0.2) is 36.4 Å². The van der Waals surface area contributed by atoms with Crippen LogP contribution in [0.3, 0.4) is 0 Å². The first-order chi connectivity index (χ1) is 15.3. The zero-order valence-corrected chi connectivity index (χ0v) is 19.0. The van der Waals surface area contributed by atoms with E-state index in [4.69, 9.17) is 11.5 Å². The van der Waals surface area contributed by atoms with Crippen LogP contribution >= 0.6 is 0 Å². The number of carbonyl (C=O) groups is 6. The summed E-state index contributed by atoms with van der Waals surface area (Å²) in [4.78, 5) is 73.2. The summed E-state index contributed by atoms with van der Waals surface area (Å²) in [5.74, 6) is -2.93. The second-order valence-corrected chi connectivity index (χ2v) is 8.19. The number of amides is 2. The highest BCUT2D eigenvalue weighted by molar-refractivity contribution is 6.01. The maximum absolute atomic E-state index is 12.2. The molecule has 0 aliphatic carbocycles. The van der Waals surface area contributed by atoms with Gasteiger partial charge in [-0.15, -0.1) is 0 Å². The van der Waals surface area contributed by atoms with Crippen LogP contribution in [0, 0.1) is 0 Å². The molecule has 0 fully saturated rings. The van der Waals surface area contributed by atoms with E-state index in [2.05, 4.69) is 0 Å². The number of hydrogen-bond acceptors (Lipinski definition) is 6. The number of ketones is 4. The summed E-state index contributed by atoms with van der Waals surface area (Å²) < 4.78 is 0. The molecule has 0 saturated carbocycles. The van der Waals surface area contributed by atoms with Crippen LogP contribution in [0.5, 0.6) is 0 Å². The Bertz CT molecular complexity index is 1040. The molecule has 0 heterocycles. The number of hydrogen-bond donors (Lipinski definition) is 2. The molecule has 0 spiro atoms. The molecule has 0 radical (unpaired) electrons. The number of Topliss-reactive ketones (excluding diaryl/α,β-unsaturated/α-hetero) is 4. The lowest BCUT2D eigenvalue weighted by Gasteiger charge is -2.34.